The summed E-state index contributed by atoms with van der Waals surface area (Å²) >= 11 is 0. The molecule has 1 aromatic carbocycles. The van der Waals surface area contributed by atoms with Gasteiger partial charge >= 0.3 is 0 Å². The van der Waals surface area contributed by atoms with Gasteiger partial charge in [0.25, 0.3) is 0 Å². The summed E-state index contributed by atoms with van der Waals surface area (Å²) in [5.41, 5.74) is 6.58. The molecule has 0 aliphatic heterocycles. The van der Waals surface area contributed by atoms with Crippen LogP contribution in [0.25, 0.3) is 0 Å². The number of methoxy groups -OCH3 is 2. The fourth-order valence-electron chi connectivity index (χ4n) is 1.52. The zero-order chi connectivity index (χ0) is 13.5. The molecule has 1 rings (SSSR count). The van der Waals surface area contributed by atoms with Gasteiger partial charge in [0.1, 0.15) is 6.61 Å². The van der Waals surface area contributed by atoms with E-state index in [1.165, 1.54) is 0 Å². The van der Waals surface area contributed by atoms with E-state index in [1.807, 2.05) is 31.1 Å². The Hall–Kier alpha value is -1.46. The molecule has 18 heavy (non-hydrogen) atoms. The van der Waals surface area contributed by atoms with Gasteiger partial charge in [0.05, 0.1) is 14.2 Å². The second-order valence-corrected chi connectivity index (χ2v) is 4.19. The van der Waals surface area contributed by atoms with E-state index >= 15 is 0 Å². The summed E-state index contributed by atoms with van der Waals surface area (Å²) in [6.45, 7) is 1.83. The third kappa shape index (κ3) is 3.78. The van der Waals surface area contributed by atoms with E-state index in [0.29, 0.717) is 30.4 Å². The topological polar surface area (TPSA) is 57.0 Å². The molecule has 0 radical (unpaired) electrons. The molecule has 0 spiro atoms. The van der Waals surface area contributed by atoms with Crippen LogP contribution < -0.4 is 19.9 Å². The summed E-state index contributed by atoms with van der Waals surface area (Å²) in [7, 11) is 7.20. The van der Waals surface area contributed by atoms with Gasteiger partial charge in [-0.2, -0.15) is 0 Å². The Kier molecular flexibility index (Phi) is 5.74. The first-order valence-corrected chi connectivity index (χ1v) is 5.84. The number of nitrogens with zero attached hydrogens (tertiary/aromatic N) is 1. The van der Waals surface area contributed by atoms with Crippen LogP contribution in [0, 0.1) is 0 Å². The molecule has 0 fully saturated rings. The number of hydrogen-bond donors (Lipinski definition) is 1. The van der Waals surface area contributed by atoms with Crippen molar-refractivity contribution in [2.75, 3.05) is 41.5 Å². The van der Waals surface area contributed by atoms with Crippen LogP contribution >= 0.6 is 0 Å². The second kappa shape index (κ2) is 7.08. The standard InChI is InChI=1S/C13H22N2O3/c1-15(2)5-6-18-13-11(16-3)7-10(9-14)8-12(13)17-4/h7-8H,5-6,9,14H2,1-4H3. The van der Waals surface area contributed by atoms with E-state index < -0.39 is 0 Å². The van der Waals surface area contributed by atoms with E-state index in [9.17, 15) is 0 Å². The summed E-state index contributed by atoms with van der Waals surface area (Å²) in [4.78, 5) is 2.05. The number of rotatable bonds is 7. The fraction of sp³-hybridized carbons (Fsp3) is 0.538. The van der Waals surface area contributed by atoms with Crippen molar-refractivity contribution >= 4 is 0 Å². The highest BCUT2D eigenvalue weighted by molar-refractivity contribution is 5.53. The average Bonchev–Trinajstić information content (AvgIpc) is 2.37. The molecule has 0 heterocycles. The molecular weight excluding hydrogens is 232 g/mol. The molecule has 2 N–H and O–H groups in total. The maximum atomic E-state index is 5.73. The van der Waals surface area contributed by atoms with Crippen LogP contribution in [0.5, 0.6) is 17.2 Å². The van der Waals surface area contributed by atoms with Gasteiger partial charge in [-0.1, -0.05) is 0 Å². The van der Waals surface area contributed by atoms with Crippen molar-refractivity contribution in [3.63, 3.8) is 0 Å². The normalized spacial score (nSPS) is 10.6. The lowest BCUT2D eigenvalue weighted by Crippen LogP contribution is -2.19. The van der Waals surface area contributed by atoms with Gasteiger partial charge in [-0.15, -0.1) is 0 Å². The maximum Gasteiger partial charge on any atom is 0.203 e. The highest BCUT2D eigenvalue weighted by atomic mass is 16.5. The first-order chi connectivity index (χ1) is 8.62. The molecule has 5 heteroatoms. The van der Waals surface area contributed by atoms with E-state index in [4.69, 9.17) is 19.9 Å². The summed E-state index contributed by atoms with van der Waals surface area (Å²) in [5.74, 6) is 1.92. The molecule has 0 unspecified atom stereocenters. The van der Waals surface area contributed by atoms with E-state index in [-0.39, 0.29) is 0 Å². The average molecular weight is 254 g/mol. The Labute approximate surface area is 108 Å². The minimum Gasteiger partial charge on any atom is -0.493 e. The molecule has 0 aliphatic carbocycles. The van der Waals surface area contributed by atoms with Crippen molar-refractivity contribution in [3.8, 4) is 17.2 Å². The number of ether oxygens (including phenoxy) is 3. The lowest BCUT2D eigenvalue weighted by molar-refractivity contribution is 0.239. The van der Waals surface area contributed by atoms with Crippen LogP contribution in [-0.2, 0) is 6.54 Å². The minimum atomic E-state index is 0.435. The van der Waals surface area contributed by atoms with Gasteiger partial charge < -0.3 is 24.8 Å². The maximum absolute atomic E-state index is 5.73. The minimum absolute atomic E-state index is 0.435. The van der Waals surface area contributed by atoms with Crippen molar-refractivity contribution in [3.05, 3.63) is 17.7 Å². The van der Waals surface area contributed by atoms with Crippen molar-refractivity contribution in [2.45, 2.75) is 6.54 Å². The largest absolute Gasteiger partial charge is 0.493 e. The lowest BCUT2D eigenvalue weighted by Gasteiger charge is -2.17. The van der Waals surface area contributed by atoms with Crippen LogP contribution in [-0.4, -0.2) is 46.4 Å². The SMILES string of the molecule is COc1cc(CN)cc(OC)c1OCCN(C)C. The number of likely N-dealkylation sites (N-methyl/N-ethyl adjacent to an activating group) is 1. The lowest BCUT2D eigenvalue weighted by atomic mass is 10.2. The monoisotopic (exact) mass is 254 g/mol. The molecule has 1 aromatic rings. The van der Waals surface area contributed by atoms with Crippen molar-refractivity contribution in [2.24, 2.45) is 5.73 Å². The van der Waals surface area contributed by atoms with Crippen molar-refractivity contribution in [1.82, 2.24) is 4.90 Å². The smallest absolute Gasteiger partial charge is 0.203 e. The third-order valence-corrected chi connectivity index (χ3v) is 2.54. The molecule has 0 saturated heterocycles. The Balaban J connectivity index is 2.92. The zero-order valence-corrected chi connectivity index (χ0v) is 11.5. The van der Waals surface area contributed by atoms with Gasteiger partial charge in [-0.3, -0.25) is 0 Å². The van der Waals surface area contributed by atoms with Gasteiger partial charge in [0.2, 0.25) is 5.75 Å². The summed E-state index contributed by atoms with van der Waals surface area (Å²) < 4.78 is 16.4. The number of hydrogen-bond acceptors (Lipinski definition) is 5. The van der Waals surface area contributed by atoms with Crippen LogP contribution in [0.1, 0.15) is 5.56 Å². The summed E-state index contributed by atoms with van der Waals surface area (Å²) in [6, 6.07) is 3.74. The molecule has 0 aliphatic rings. The number of nitrogens with two attached hydrogens (primary N) is 1. The van der Waals surface area contributed by atoms with E-state index in [1.54, 1.807) is 14.2 Å². The first kappa shape index (κ1) is 14.6. The summed E-state index contributed by atoms with van der Waals surface area (Å²) in [5, 5.41) is 0. The second-order valence-electron chi connectivity index (χ2n) is 4.19. The van der Waals surface area contributed by atoms with Gasteiger partial charge in [0.15, 0.2) is 11.5 Å². The third-order valence-electron chi connectivity index (χ3n) is 2.54. The highest BCUT2D eigenvalue weighted by Gasteiger charge is 2.13. The van der Waals surface area contributed by atoms with Gasteiger partial charge in [-0.25, -0.2) is 0 Å². The Morgan fingerprint density at radius 2 is 1.67 bits per heavy atom. The zero-order valence-electron chi connectivity index (χ0n) is 11.5. The first-order valence-electron chi connectivity index (χ1n) is 5.84. The molecule has 0 bridgehead atoms. The molecule has 5 nitrogen and oxygen atoms in total. The van der Waals surface area contributed by atoms with Gasteiger partial charge in [0, 0.05) is 13.1 Å². The van der Waals surface area contributed by atoms with E-state index in [0.717, 1.165) is 12.1 Å². The Morgan fingerprint density at radius 3 is 2.06 bits per heavy atom. The van der Waals surface area contributed by atoms with Crippen molar-refractivity contribution in [1.29, 1.82) is 0 Å². The number of benzene rings is 1. The van der Waals surface area contributed by atoms with Crippen molar-refractivity contribution < 1.29 is 14.2 Å². The Bertz CT molecular complexity index is 355. The van der Waals surface area contributed by atoms with E-state index in [2.05, 4.69) is 0 Å². The van der Waals surface area contributed by atoms with Gasteiger partial charge in [-0.05, 0) is 31.8 Å². The fourth-order valence-corrected chi connectivity index (χ4v) is 1.52. The molecule has 102 valence electrons. The Morgan fingerprint density at radius 1 is 1.11 bits per heavy atom. The molecule has 0 aromatic heterocycles. The highest BCUT2D eigenvalue weighted by Crippen LogP contribution is 2.38. The van der Waals surface area contributed by atoms with Crippen LogP contribution in [0.4, 0.5) is 0 Å². The predicted octanol–water partition coefficient (Wildman–Crippen LogP) is 1.10. The van der Waals surface area contributed by atoms with Crippen LogP contribution in [0.2, 0.25) is 0 Å². The van der Waals surface area contributed by atoms with Crippen LogP contribution in [0.15, 0.2) is 12.1 Å². The quantitative estimate of drug-likeness (QED) is 0.789. The predicted molar refractivity (Wildman–Crippen MR) is 71.5 cm³/mol. The molecule has 0 saturated carbocycles. The summed E-state index contributed by atoms with van der Waals surface area (Å²) in [6.07, 6.45) is 0. The molecular formula is C13H22N2O3. The van der Waals surface area contributed by atoms with Crippen LogP contribution in [0.3, 0.4) is 0 Å². The molecule has 0 amide bonds. The molecule has 0 atom stereocenters.